The molecular weight excluding hydrogens is 416 g/mol. The molecule has 1 unspecified atom stereocenters. The van der Waals surface area contributed by atoms with E-state index >= 15 is 0 Å². The monoisotopic (exact) mass is 440 g/mol. The smallest absolute Gasteiger partial charge is 0.121 e. The Bertz CT molecular complexity index is 709. The first kappa shape index (κ1) is 21.2. The van der Waals surface area contributed by atoms with E-state index < -0.39 is 5.01 Å². The standard InChI is InChI=1S/C20H26BrClN2O2/c1-12(8-16(21)25)11-24-17-19(2,3)18(20(17,4)5)26-14-7-6-13(10-23)15(22)9-14/h6-7,9,16-18,24-25H,1,8,11H2,2-5H3. The number of benzene rings is 1. The Morgan fingerprint density at radius 1 is 1.42 bits per heavy atom. The van der Waals surface area contributed by atoms with Gasteiger partial charge in [0.25, 0.3) is 0 Å². The van der Waals surface area contributed by atoms with Crippen LogP contribution in [0.15, 0.2) is 30.4 Å². The third-order valence-electron chi connectivity index (χ3n) is 5.17. The summed E-state index contributed by atoms with van der Waals surface area (Å²) in [7, 11) is 0. The van der Waals surface area contributed by atoms with Crippen LogP contribution < -0.4 is 10.1 Å². The van der Waals surface area contributed by atoms with E-state index in [2.05, 4.69) is 61.6 Å². The number of nitrogens with one attached hydrogen (secondary N) is 1. The number of rotatable bonds is 7. The fraction of sp³-hybridized carbons (Fsp3) is 0.550. The van der Waals surface area contributed by atoms with Crippen molar-refractivity contribution in [3.05, 3.63) is 40.9 Å². The lowest BCUT2D eigenvalue weighted by molar-refractivity contribution is -0.167. The maximum atomic E-state index is 9.41. The van der Waals surface area contributed by atoms with Gasteiger partial charge in [0.05, 0.1) is 10.6 Å². The number of nitrogens with zero attached hydrogens (tertiary/aromatic N) is 1. The van der Waals surface area contributed by atoms with Gasteiger partial charge in [-0.1, -0.05) is 67.4 Å². The summed E-state index contributed by atoms with van der Waals surface area (Å²) in [4.78, 5) is 0. The fourth-order valence-electron chi connectivity index (χ4n) is 4.31. The van der Waals surface area contributed by atoms with Gasteiger partial charge in [-0.05, 0) is 12.1 Å². The summed E-state index contributed by atoms with van der Waals surface area (Å²) < 4.78 is 6.26. The third kappa shape index (κ3) is 4.26. The van der Waals surface area contributed by atoms with Crippen LogP contribution in [0.2, 0.25) is 5.02 Å². The zero-order valence-corrected chi connectivity index (χ0v) is 18.0. The van der Waals surface area contributed by atoms with Crippen LogP contribution in [0.25, 0.3) is 0 Å². The van der Waals surface area contributed by atoms with Crippen LogP contribution >= 0.6 is 27.5 Å². The van der Waals surface area contributed by atoms with Gasteiger partial charge in [0, 0.05) is 35.9 Å². The Balaban J connectivity index is 2.06. The molecule has 2 rings (SSSR count). The van der Waals surface area contributed by atoms with Crippen molar-refractivity contribution >= 4 is 27.5 Å². The van der Waals surface area contributed by atoms with E-state index in [-0.39, 0.29) is 23.0 Å². The minimum absolute atomic E-state index is 0.00784. The molecule has 0 aliphatic heterocycles. The van der Waals surface area contributed by atoms with Gasteiger partial charge < -0.3 is 15.2 Å². The highest BCUT2D eigenvalue weighted by Gasteiger charge is 2.63. The molecule has 0 amide bonds. The topological polar surface area (TPSA) is 65.3 Å². The Morgan fingerprint density at radius 2 is 2.04 bits per heavy atom. The normalized spacial score (nSPS) is 24.2. The van der Waals surface area contributed by atoms with E-state index in [1.807, 2.05) is 0 Å². The second kappa shape index (κ2) is 7.90. The molecule has 1 saturated carbocycles. The minimum atomic E-state index is -0.559. The van der Waals surface area contributed by atoms with E-state index in [0.717, 1.165) is 5.57 Å². The summed E-state index contributed by atoms with van der Waals surface area (Å²) in [5.41, 5.74) is 1.19. The molecule has 26 heavy (non-hydrogen) atoms. The van der Waals surface area contributed by atoms with Crippen molar-refractivity contribution in [2.24, 2.45) is 10.8 Å². The number of hydrogen-bond acceptors (Lipinski definition) is 4. The summed E-state index contributed by atoms with van der Waals surface area (Å²) in [6, 6.07) is 7.46. The molecule has 0 bridgehead atoms. The molecule has 2 N–H and O–H groups in total. The van der Waals surface area contributed by atoms with Gasteiger partial charge in [-0.3, -0.25) is 0 Å². The van der Waals surface area contributed by atoms with Gasteiger partial charge in [0.15, 0.2) is 0 Å². The third-order valence-corrected chi connectivity index (χ3v) is 5.80. The summed E-state index contributed by atoms with van der Waals surface area (Å²) >= 11 is 9.26. The fourth-order valence-corrected chi connectivity index (χ4v) is 4.98. The lowest BCUT2D eigenvalue weighted by Crippen LogP contribution is -2.74. The highest BCUT2D eigenvalue weighted by atomic mass is 79.9. The SMILES string of the molecule is C=C(CNC1C(C)(C)C(Oc2ccc(C#N)c(Cl)c2)C1(C)C)CC(O)Br. The molecule has 4 nitrogen and oxygen atoms in total. The van der Waals surface area contributed by atoms with Gasteiger partial charge >= 0.3 is 0 Å². The molecule has 6 heteroatoms. The molecule has 0 saturated heterocycles. The van der Waals surface area contributed by atoms with Crippen molar-refractivity contribution in [3.63, 3.8) is 0 Å². The molecule has 1 aromatic rings. The molecule has 0 heterocycles. The van der Waals surface area contributed by atoms with Crippen LogP contribution in [0.4, 0.5) is 0 Å². The highest BCUT2D eigenvalue weighted by Crippen LogP contribution is 2.55. The minimum Gasteiger partial charge on any atom is -0.489 e. The molecule has 1 aliphatic carbocycles. The molecule has 0 radical (unpaired) electrons. The molecule has 0 aromatic heterocycles. The van der Waals surface area contributed by atoms with E-state index in [0.29, 0.717) is 29.3 Å². The summed E-state index contributed by atoms with van der Waals surface area (Å²) in [5.74, 6) is 0.672. The number of nitriles is 1. The second-order valence-corrected chi connectivity index (χ2v) is 9.56. The zero-order valence-electron chi connectivity index (χ0n) is 15.6. The van der Waals surface area contributed by atoms with Crippen molar-refractivity contribution in [1.29, 1.82) is 5.26 Å². The van der Waals surface area contributed by atoms with Crippen LogP contribution in [0.1, 0.15) is 39.7 Å². The summed E-state index contributed by atoms with van der Waals surface area (Å²) in [6.07, 6.45) is 0.510. The number of ether oxygens (including phenoxy) is 1. The average molecular weight is 442 g/mol. The first-order valence-corrected chi connectivity index (χ1v) is 9.88. The van der Waals surface area contributed by atoms with E-state index in [1.54, 1.807) is 18.2 Å². The van der Waals surface area contributed by atoms with Gasteiger partial charge in [-0.25, -0.2) is 0 Å². The van der Waals surface area contributed by atoms with Crippen LogP contribution in [-0.2, 0) is 0 Å². The Morgan fingerprint density at radius 3 is 2.54 bits per heavy atom. The Kier molecular flexibility index (Phi) is 6.45. The van der Waals surface area contributed by atoms with Crippen molar-refractivity contribution in [3.8, 4) is 11.8 Å². The number of aliphatic hydroxyl groups is 1. The van der Waals surface area contributed by atoms with Crippen LogP contribution in [0.5, 0.6) is 5.75 Å². The highest BCUT2D eigenvalue weighted by molar-refractivity contribution is 9.09. The van der Waals surface area contributed by atoms with Crippen molar-refractivity contribution < 1.29 is 9.84 Å². The zero-order chi connectivity index (χ0) is 19.7. The average Bonchev–Trinajstić information content (AvgIpc) is 2.51. The lowest BCUT2D eigenvalue weighted by atomic mass is 9.49. The Labute approximate surface area is 169 Å². The predicted octanol–water partition coefficient (Wildman–Crippen LogP) is 4.64. The summed E-state index contributed by atoms with van der Waals surface area (Å²) in [6.45, 7) is 13.4. The van der Waals surface area contributed by atoms with Gasteiger partial charge in [-0.15, -0.1) is 0 Å². The first-order chi connectivity index (χ1) is 12.0. The molecule has 142 valence electrons. The molecular formula is C20H26BrClN2O2. The molecule has 1 fully saturated rings. The van der Waals surface area contributed by atoms with Crippen molar-refractivity contribution in [1.82, 2.24) is 5.32 Å². The van der Waals surface area contributed by atoms with Gasteiger partial charge in [0.1, 0.15) is 22.9 Å². The number of halogens is 2. The largest absolute Gasteiger partial charge is 0.489 e. The van der Waals surface area contributed by atoms with Crippen LogP contribution in [0, 0.1) is 22.2 Å². The van der Waals surface area contributed by atoms with Crippen molar-refractivity contribution in [2.45, 2.75) is 51.3 Å². The number of alkyl halides is 1. The van der Waals surface area contributed by atoms with Crippen LogP contribution in [-0.4, -0.2) is 28.8 Å². The van der Waals surface area contributed by atoms with Gasteiger partial charge in [-0.2, -0.15) is 5.26 Å². The number of aliphatic hydroxyl groups excluding tert-OH is 1. The van der Waals surface area contributed by atoms with E-state index in [9.17, 15) is 5.11 Å². The van der Waals surface area contributed by atoms with Crippen molar-refractivity contribution in [2.75, 3.05) is 6.54 Å². The maximum Gasteiger partial charge on any atom is 0.121 e. The second-order valence-electron chi connectivity index (χ2n) is 8.10. The summed E-state index contributed by atoms with van der Waals surface area (Å²) in [5, 5.41) is 21.8. The molecule has 1 aliphatic rings. The molecule has 0 spiro atoms. The quantitative estimate of drug-likeness (QED) is 0.478. The maximum absolute atomic E-state index is 9.41. The van der Waals surface area contributed by atoms with Gasteiger partial charge in [0.2, 0.25) is 0 Å². The van der Waals surface area contributed by atoms with E-state index in [1.165, 1.54) is 0 Å². The predicted molar refractivity (Wildman–Crippen MR) is 109 cm³/mol. The van der Waals surface area contributed by atoms with Crippen LogP contribution in [0.3, 0.4) is 0 Å². The number of hydrogen-bond donors (Lipinski definition) is 2. The molecule has 1 atom stereocenters. The van der Waals surface area contributed by atoms with E-state index in [4.69, 9.17) is 21.6 Å². The molecule has 1 aromatic carbocycles. The first-order valence-electron chi connectivity index (χ1n) is 8.58. The lowest BCUT2D eigenvalue weighted by Gasteiger charge is -2.63. The Hall–Kier alpha value is -1.06.